The summed E-state index contributed by atoms with van der Waals surface area (Å²) in [6, 6.07) is 37.8. The van der Waals surface area contributed by atoms with Gasteiger partial charge in [0.15, 0.2) is 5.78 Å². The van der Waals surface area contributed by atoms with Crippen LogP contribution < -0.4 is 43.8 Å². The van der Waals surface area contributed by atoms with Gasteiger partial charge in [-0.15, -0.1) is 0 Å². The van der Waals surface area contributed by atoms with E-state index in [-0.39, 0.29) is 73.8 Å². The Balaban J connectivity index is 0.000000232. The van der Waals surface area contributed by atoms with Gasteiger partial charge in [0.2, 0.25) is 0 Å². The van der Waals surface area contributed by atoms with Crippen LogP contribution in [0.1, 0.15) is 131 Å². The summed E-state index contributed by atoms with van der Waals surface area (Å²) in [6.07, 6.45) is 1.01. The second-order valence-electron chi connectivity index (χ2n) is 27.2. The number of halogens is 12. The van der Waals surface area contributed by atoms with Crippen LogP contribution in [0.2, 0.25) is 15.1 Å². The van der Waals surface area contributed by atoms with E-state index >= 15 is 0 Å². The van der Waals surface area contributed by atoms with Crippen molar-refractivity contribution >= 4 is 49.0 Å². The number of alkyl halides is 9. The Hall–Kier alpha value is -4.55. The molecule has 539 valence electrons. The number of benzene rings is 6. The van der Waals surface area contributed by atoms with Crippen LogP contribution in [0.25, 0.3) is 0 Å². The average Bonchev–Trinajstić information content (AvgIpc) is 0.774. The maximum absolute atomic E-state index is 13.3. The molecular formula is C76H90BCl3F9N3NaO7. The Kier molecular flexibility index (Phi) is 31.0. The molecule has 6 aliphatic rings. The minimum atomic E-state index is -4.35. The Morgan fingerprint density at radius 2 is 0.730 bits per heavy atom. The summed E-state index contributed by atoms with van der Waals surface area (Å²) >= 11 is 18.1. The second-order valence-corrected chi connectivity index (χ2v) is 28.5. The molecule has 6 fully saturated rings. The van der Waals surface area contributed by atoms with E-state index in [0.29, 0.717) is 71.8 Å². The van der Waals surface area contributed by atoms with Gasteiger partial charge >= 0.3 is 48.1 Å². The fourth-order valence-corrected chi connectivity index (χ4v) is 15.1. The maximum atomic E-state index is 13.3. The van der Waals surface area contributed by atoms with E-state index in [1.54, 1.807) is 0 Å². The number of hydrogen-bond acceptors (Lipinski definition) is 10. The number of Topliss-reactive ketones (excluding diaryl/α,β-unsaturated/α-hetero) is 1. The second kappa shape index (κ2) is 37.4. The number of carbonyl (C=O) groups is 1. The van der Waals surface area contributed by atoms with E-state index in [2.05, 4.69) is 14.7 Å². The molecule has 24 heteroatoms. The molecule has 10 nitrogen and oxygen atoms in total. The number of aliphatic hydroxyl groups excluding tert-OH is 3. The number of carbonyl (C=O) groups excluding carboxylic acids is 1. The molecule has 12 rings (SSSR count). The molecule has 3 saturated heterocycles. The molecule has 3 radical (unpaired) electrons. The van der Waals surface area contributed by atoms with E-state index in [0.717, 1.165) is 196 Å². The van der Waals surface area contributed by atoms with Crippen molar-refractivity contribution in [3.05, 3.63) is 194 Å². The van der Waals surface area contributed by atoms with Crippen molar-refractivity contribution < 1.29 is 105 Å². The summed E-state index contributed by atoms with van der Waals surface area (Å²) in [5, 5.41) is 31.4. The molecule has 0 unspecified atom stereocenters. The molecule has 100 heavy (non-hydrogen) atoms. The normalized spacial score (nSPS) is 21.0. The van der Waals surface area contributed by atoms with Gasteiger partial charge in [-0.05, 0) is 223 Å². The number of nitrogens with zero attached hydrogens (tertiary/aromatic N) is 3. The van der Waals surface area contributed by atoms with Crippen molar-refractivity contribution in [1.29, 1.82) is 0 Å². The molecule has 0 spiro atoms. The van der Waals surface area contributed by atoms with Crippen molar-refractivity contribution in [3.8, 4) is 17.2 Å². The predicted molar refractivity (Wildman–Crippen MR) is 371 cm³/mol. The third-order valence-electron chi connectivity index (χ3n) is 20.8. The van der Waals surface area contributed by atoms with Crippen molar-refractivity contribution in [2.45, 2.75) is 143 Å². The quantitative estimate of drug-likeness (QED) is 0.0475. The van der Waals surface area contributed by atoms with E-state index in [4.69, 9.17) is 54.1 Å². The largest absolute Gasteiger partial charge is 1.00 e. The molecule has 3 aliphatic carbocycles. The smallest absolute Gasteiger partial charge is 1.00 e. The first-order valence-electron chi connectivity index (χ1n) is 34.0. The number of hydrogen-bond donors (Lipinski definition) is 3. The zero-order valence-corrected chi connectivity index (χ0v) is 61.0. The molecule has 0 amide bonds. The van der Waals surface area contributed by atoms with Crippen LogP contribution in [0.4, 0.5) is 39.5 Å². The van der Waals surface area contributed by atoms with Gasteiger partial charge in [-0.2, -0.15) is 39.5 Å². The Bertz CT molecular complexity index is 3280. The summed E-state index contributed by atoms with van der Waals surface area (Å²) < 4.78 is 132. The van der Waals surface area contributed by atoms with Crippen molar-refractivity contribution in [2.75, 3.05) is 85.8 Å². The molecule has 3 N–H and O–H groups in total. The number of ether oxygens (including phenoxy) is 3. The monoisotopic (exact) mass is 1470 g/mol. The Morgan fingerprint density at radius 3 is 1.00 bits per heavy atom. The van der Waals surface area contributed by atoms with E-state index in [9.17, 15) is 54.5 Å². The van der Waals surface area contributed by atoms with Crippen LogP contribution in [-0.4, -0.2) is 142 Å². The summed E-state index contributed by atoms with van der Waals surface area (Å²) in [5.41, 5.74) is 0.535. The molecular weight excluding hydrogens is 1380 g/mol. The summed E-state index contributed by atoms with van der Waals surface area (Å²) in [4.78, 5) is 20.1. The third-order valence-corrected chi connectivity index (χ3v) is 21.5. The van der Waals surface area contributed by atoms with Crippen molar-refractivity contribution in [2.24, 2.45) is 17.8 Å². The third kappa shape index (κ3) is 22.0. The van der Waals surface area contributed by atoms with Gasteiger partial charge in [0.05, 0.1) is 60.7 Å². The molecule has 3 heterocycles. The van der Waals surface area contributed by atoms with E-state index < -0.39 is 52.8 Å². The fourth-order valence-electron chi connectivity index (χ4n) is 14.7. The van der Waals surface area contributed by atoms with Gasteiger partial charge in [0.25, 0.3) is 0 Å². The fraction of sp³-hybridized carbons (Fsp3) is 0.513. The van der Waals surface area contributed by atoms with Crippen molar-refractivity contribution in [1.82, 2.24) is 14.7 Å². The number of aliphatic hydroxyl groups is 3. The minimum absolute atomic E-state index is 0. The summed E-state index contributed by atoms with van der Waals surface area (Å²) in [7, 11) is 1.00. The molecule has 0 aromatic heterocycles. The Labute approximate surface area is 622 Å². The average molecular weight is 1470 g/mol. The molecule has 3 saturated carbocycles. The van der Waals surface area contributed by atoms with Crippen molar-refractivity contribution in [3.63, 3.8) is 0 Å². The van der Waals surface area contributed by atoms with Gasteiger partial charge in [-0.1, -0.05) is 90.5 Å². The zero-order valence-electron chi connectivity index (χ0n) is 57.8. The van der Waals surface area contributed by atoms with Crippen LogP contribution in [-0.2, 0) is 39.6 Å². The number of β-amino-alcohol motifs (C(OH)–C–C–N with tert-alkyl or cyclic N) is 2. The molecule has 6 aromatic carbocycles. The van der Waals surface area contributed by atoms with Crippen LogP contribution >= 0.6 is 34.8 Å². The number of likely N-dealkylation sites (tertiary alicyclic amines) is 3. The Morgan fingerprint density at radius 1 is 0.450 bits per heavy atom. The molecule has 6 aromatic rings. The first-order valence-corrected chi connectivity index (χ1v) is 35.1. The number of piperidine rings is 3. The first-order chi connectivity index (χ1) is 46.8. The van der Waals surface area contributed by atoms with Crippen LogP contribution in [0.15, 0.2) is 146 Å². The predicted octanol–water partition coefficient (Wildman–Crippen LogP) is 14.3. The SMILES string of the molecule is CO.O=C(CN1CCC[C@H](COc2ccc(C(F)(F)F)cc2)C1)C1(c2ccc(Cl)cc2)CCC1.O[C@@H](CN1CCC[C@H](COc2ccc(C(F)(F)F)cc2)C1)C1(c2ccc(Cl)cc2)CCC1.O[C@H](CN1CCC[C@H](COc2ccc(C(F)(F)F)cc2)C1)C1(c2ccc(Cl)cc2)CCC1.[B].[H-].[Na+]. The summed E-state index contributed by atoms with van der Waals surface area (Å²) in [5.74, 6) is 2.40. The standard InChI is InChI=1S/2C25H29ClF3NO2.C25H27ClF3NO2.CH4O.B.Na.H/c3*26-21-8-4-19(5-9-21)24(12-2-13-24)23(31)16-30-14-1-3-18(15-30)17-32-22-10-6-20(7-11-22)25(27,28)29;1-2;;;/h2*4-11,18,23,31H,1-3,12-17H2;4-11,18H,1-3,12-17H2;2H,1H3;;;/q;;;;;+1;-1/t18-,23+;18-,23-;18-;;;;/m000..../s1. The van der Waals surface area contributed by atoms with E-state index in [1.165, 1.54) is 36.4 Å². The van der Waals surface area contributed by atoms with Gasteiger partial charge in [-0.25, -0.2) is 0 Å². The molecule has 0 bridgehead atoms. The number of ketones is 1. The van der Waals surface area contributed by atoms with Gasteiger partial charge in [0, 0.05) is 91.9 Å². The zero-order chi connectivity index (χ0) is 70.3. The van der Waals surface area contributed by atoms with Crippen LogP contribution in [0.5, 0.6) is 17.2 Å². The van der Waals surface area contributed by atoms with Gasteiger partial charge in [0.1, 0.15) is 17.2 Å². The van der Waals surface area contributed by atoms with Crippen LogP contribution in [0.3, 0.4) is 0 Å². The topological polar surface area (TPSA) is 115 Å². The first kappa shape index (κ1) is 82.7. The van der Waals surface area contributed by atoms with Gasteiger partial charge < -0.3 is 40.8 Å². The van der Waals surface area contributed by atoms with Gasteiger partial charge in [-0.3, -0.25) is 9.69 Å². The summed E-state index contributed by atoms with van der Waals surface area (Å²) in [6.45, 7) is 8.11. The number of rotatable bonds is 21. The minimum Gasteiger partial charge on any atom is -1.00 e. The van der Waals surface area contributed by atoms with E-state index in [1.807, 2.05) is 72.8 Å². The maximum Gasteiger partial charge on any atom is 1.00 e. The molecule has 5 atom stereocenters. The molecule has 3 aliphatic heterocycles. The van der Waals surface area contributed by atoms with Crippen LogP contribution in [0, 0.1) is 17.8 Å².